The van der Waals surface area contributed by atoms with E-state index in [9.17, 15) is 23.1 Å². The number of aliphatic hydroxyl groups is 1. The molecular weight excluding hydrogens is 641 g/mol. The number of sulfonamides is 1. The predicted molar refractivity (Wildman–Crippen MR) is 193 cm³/mol. The summed E-state index contributed by atoms with van der Waals surface area (Å²) < 4.78 is 31.5. The second kappa shape index (κ2) is 16.6. The van der Waals surface area contributed by atoms with Gasteiger partial charge in [0.05, 0.1) is 37.2 Å². The van der Waals surface area contributed by atoms with Gasteiger partial charge in [-0.3, -0.25) is 13.9 Å². The molecule has 11 heteroatoms. The minimum absolute atomic E-state index is 0.0834. The number of nitrogens with one attached hydrogen (secondary N) is 2. The van der Waals surface area contributed by atoms with E-state index < -0.39 is 28.1 Å². The molecule has 0 saturated heterocycles. The minimum atomic E-state index is -3.72. The van der Waals surface area contributed by atoms with E-state index in [1.807, 2.05) is 98.8 Å². The van der Waals surface area contributed by atoms with Crippen molar-refractivity contribution in [3.63, 3.8) is 0 Å². The molecule has 4 aromatic carbocycles. The molecule has 0 bridgehead atoms. The highest BCUT2D eigenvalue weighted by atomic mass is 32.2. The van der Waals surface area contributed by atoms with Crippen LogP contribution in [0.15, 0.2) is 103 Å². The van der Waals surface area contributed by atoms with Gasteiger partial charge in [-0.05, 0) is 67.3 Å². The number of carbonyl (C=O) groups excluding carboxylic acids is 2. The summed E-state index contributed by atoms with van der Waals surface area (Å²) in [7, 11) is 0.921. The zero-order valence-electron chi connectivity index (χ0n) is 28.8. The molecule has 0 heterocycles. The van der Waals surface area contributed by atoms with E-state index in [1.54, 1.807) is 19.1 Å². The second-order valence-corrected chi connectivity index (χ2v) is 14.3. The number of hydrogen-bond acceptors (Lipinski definition) is 7. The van der Waals surface area contributed by atoms with Crippen LogP contribution in [0, 0.1) is 0 Å². The average molecular weight is 687 g/mol. The van der Waals surface area contributed by atoms with Crippen LogP contribution in [0.1, 0.15) is 63.3 Å². The molecule has 0 aliphatic rings. The number of amides is 2. The lowest BCUT2D eigenvalue weighted by Crippen LogP contribution is -2.49. The normalized spacial score (nSPS) is 13.9. The van der Waals surface area contributed by atoms with Gasteiger partial charge in [0.15, 0.2) is 0 Å². The molecule has 49 heavy (non-hydrogen) atoms. The van der Waals surface area contributed by atoms with Gasteiger partial charge in [0, 0.05) is 37.8 Å². The summed E-state index contributed by atoms with van der Waals surface area (Å²) in [5, 5.41) is 17.8. The fraction of sp³-hybridized carbons (Fsp3) is 0.316. The smallest absolute Gasteiger partial charge is 0.254 e. The molecule has 4 aromatic rings. The first kappa shape index (κ1) is 37.1. The molecule has 0 saturated carbocycles. The van der Waals surface area contributed by atoms with E-state index in [-0.39, 0.29) is 41.3 Å². The van der Waals surface area contributed by atoms with Crippen LogP contribution >= 0.6 is 0 Å². The summed E-state index contributed by atoms with van der Waals surface area (Å²) in [5.74, 6) is -0.216. The van der Waals surface area contributed by atoms with Crippen LogP contribution in [0.2, 0.25) is 0 Å². The molecule has 4 rings (SSSR count). The number of rotatable bonds is 15. The Kier molecular flexibility index (Phi) is 12.6. The number of benzene rings is 4. The lowest BCUT2D eigenvalue weighted by atomic mass is 9.99. The number of carbonyl (C=O) groups is 2. The summed E-state index contributed by atoms with van der Waals surface area (Å²) in [4.78, 5) is 29.3. The fourth-order valence-corrected chi connectivity index (χ4v) is 5.93. The first-order chi connectivity index (χ1) is 23.3. The number of methoxy groups -OCH3 is 1. The number of ether oxygens (including phenoxy) is 1. The van der Waals surface area contributed by atoms with Crippen molar-refractivity contribution < 1.29 is 27.9 Å². The van der Waals surface area contributed by atoms with E-state index in [1.165, 1.54) is 25.2 Å². The molecule has 0 spiro atoms. The maximum absolute atomic E-state index is 14.0. The standard InChI is InChI=1S/C38H46N4O6S/c1-26(30-18-13-19-34(24-30)48-5)39-25-36(43)35(20-28-14-9-7-10-15-28)40-37(44)31-21-32(23-33(22-31)42(4)49(6,46)47)38(45)41(3)27(2)29-16-11-8-12-17-29/h7-19,21-24,26-27,35-36,39,43H,20,25H2,1-6H3,(H,40,44)/t26-,27+,35+,36-/m1/s1. The van der Waals surface area contributed by atoms with Crippen LogP contribution in [-0.2, 0) is 16.4 Å². The highest BCUT2D eigenvalue weighted by Crippen LogP contribution is 2.26. The maximum atomic E-state index is 14.0. The van der Waals surface area contributed by atoms with E-state index in [4.69, 9.17) is 4.74 Å². The first-order valence-corrected chi connectivity index (χ1v) is 17.9. The quantitative estimate of drug-likeness (QED) is 0.161. The van der Waals surface area contributed by atoms with Crippen molar-refractivity contribution in [1.29, 1.82) is 0 Å². The molecule has 0 aromatic heterocycles. The van der Waals surface area contributed by atoms with Gasteiger partial charge in [0.1, 0.15) is 5.75 Å². The molecule has 0 unspecified atom stereocenters. The SMILES string of the molecule is COc1cccc([C@@H](C)NC[C@@H](O)[C@H](Cc2ccccc2)NC(=O)c2cc(C(=O)N(C)[C@@H](C)c3ccccc3)cc(N(C)S(C)(=O)=O)c2)c1. The summed E-state index contributed by atoms with van der Waals surface area (Å²) in [5.41, 5.74) is 3.20. The van der Waals surface area contributed by atoms with Gasteiger partial charge in [0.25, 0.3) is 11.8 Å². The predicted octanol–water partition coefficient (Wildman–Crippen LogP) is 4.98. The van der Waals surface area contributed by atoms with E-state index >= 15 is 0 Å². The molecule has 0 fully saturated rings. The van der Waals surface area contributed by atoms with Crippen LogP contribution in [-0.4, -0.2) is 76.4 Å². The van der Waals surface area contributed by atoms with E-state index in [0.29, 0.717) is 6.42 Å². The Hall–Kier alpha value is -4.71. The number of aliphatic hydroxyl groups excluding tert-OH is 1. The van der Waals surface area contributed by atoms with Gasteiger partial charge in [-0.1, -0.05) is 72.8 Å². The van der Waals surface area contributed by atoms with Crippen molar-refractivity contribution in [2.75, 3.05) is 38.3 Å². The summed E-state index contributed by atoms with van der Waals surface area (Å²) in [6, 6.07) is 29.9. The van der Waals surface area contributed by atoms with Crippen molar-refractivity contribution >= 4 is 27.5 Å². The van der Waals surface area contributed by atoms with Gasteiger partial charge >= 0.3 is 0 Å². The van der Waals surface area contributed by atoms with Gasteiger partial charge in [-0.2, -0.15) is 0 Å². The molecular formula is C38H46N4O6S. The third-order valence-corrected chi connectivity index (χ3v) is 9.98. The zero-order valence-corrected chi connectivity index (χ0v) is 29.6. The molecule has 2 amide bonds. The number of nitrogens with zero attached hydrogens (tertiary/aromatic N) is 2. The van der Waals surface area contributed by atoms with Gasteiger partial charge in [0.2, 0.25) is 10.0 Å². The molecule has 0 aliphatic carbocycles. The fourth-order valence-electron chi connectivity index (χ4n) is 5.45. The lowest BCUT2D eigenvalue weighted by Gasteiger charge is -2.28. The Morgan fingerprint density at radius 2 is 1.45 bits per heavy atom. The van der Waals surface area contributed by atoms with Crippen molar-refractivity contribution in [2.24, 2.45) is 0 Å². The summed E-state index contributed by atoms with van der Waals surface area (Å²) in [6.45, 7) is 4.04. The van der Waals surface area contributed by atoms with E-state index in [2.05, 4.69) is 10.6 Å². The van der Waals surface area contributed by atoms with Crippen molar-refractivity contribution in [1.82, 2.24) is 15.5 Å². The lowest BCUT2D eigenvalue weighted by molar-refractivity contribution is 0.0742. The Morgan fingerprint density at radius 1 is 0.837 bits per heavy atom. The van der Waals surface area contributed by atoms with E-state index in [0.717, 1.165) is 33.0 Å². The molecule has 4 atom stereocenters. The van der Waals surface area contributed by atoms with Crippen LogP contribution in [0.4, 0.5) is 5.69 Å². The minimum Gasteiger partial charge on any atom is -0.497 e. The third-order valence-electron chi connectivity index (χ3n) is 8.78. The highest BCUT2D eigenvalue weighted by Gasteiger charge is 2.26. The zero-order chi connectivity index (χ0) is 35.7. The number of anilines is 1. The second-order valence-electron chi connectivity index (χ2n) is 12.2. The molecule has 260 valence electrons. The Balaban J connectivity index is 1.62. The molecule has 0 aliphatic heterocycles. The van der Waals surface area contributed by atoms with Gasteiger partial charge in [-0.25, -0.2) is 8.42 Å². The van der Waals surface area contributed by atoms with Crippen molar-refractivity contribution in [2.45, 2.75) is 44.5 Å². The van der Waals surface area contributed by atoms with Crippen LogP contribution < -0.4 is 19.7 Å². The van der Waals surface area contributed by atoms with Gasteiger partial charge in [-0.15, -0.1) is 0 Å². The average Bonchev–Trinajstić information content (AvgIpc) is 3.12. The topological polar surface area (TPSA) is 128 Å². The van der Waals surface area contributed by atoms with Crippen molar-refractivity contribution in [3.05, 3.63) is 131 Å². The highest BCUT2D eigenvalue weighted by molar-refractivity contribution is 7.92. The van der Waals surface area contributed by atoms with Gasteiger partial charge < -0.3 is 25.4 Å². The molecule has 10 nitrogen and oxygen atoms in total. The third kappa shape index (κ3) is 9.91. The number of hydrogen-bond donors (Lipinski definition) is 3. The monoisotopic (exact) mass is 686 g/mol. The molecule has 3 N–H and O–H groups in total. The Bertz CT molecular complexity index is 1820. The van der Waals surface area contributed by atoms with Crippen LogP contribution in [0.3, 0.4) is 0 Å². The molecule has 0 radical (unpaired) electrons. The largest absolute Gasteiger partial charge is 0.497 e. The van der Waals surface area contributed by atoms with Crippen LogP contribution in [0.5, 0.6) is 5.75 Å². The Morgan fingerprint density at radius 3 is 2.08 bits per heavy atom. The van der Waals surface area contributed by atoms with Crippen LogP contribution in [0.25, 0.3) is 0 Å². The first-order valence-electron chi connectivity index (χ1n) is 16.1. The summed E-state index contributed by atoms with van der Waals surface area (Å²) in [6.07, 6.45) is 0.379. The van der Waals surface area contributed by atoms with Crippen molar-refractivity contribution in [3.8, 4) is 5.75 Å². The summed E-state index contributed by atoms with van der Waals surface area (Å²) >= 11 is 0. The Labute approximate surface area is 289 Å². The maximum Gasteiger partial charge on any atom is 0.254 e.